The van der Waals surface area contributed by atoms with Crippen LogP contribution in [0.5, 0.6) is 0 Å². The van der Waals surface area contributed by atoms with E-state index >= 15 is 0 Å². The molecule has 0 unspecified atom stereocenters. The molecule has 0 rings (SSSR count). The van der Waals surface area contributed by atoms with Gasteiger partial charge in [-0.1, -0.05) is 336 Å². The summed E-state index contributed by atoms with van der Waals surface area (Å²) in [4.78, 5) is 0. The van der Waals surface area contributed by atoms with E-state index in [1.807, 2.05) is 0 Å². The molecular formula is C62H126O4S. The maximum absolute atomic E-state index is 10.5. The van der Waals surface area contributed by atoms with Gasteiger partial charge in [0, 0.05) is 11.8 Å². The molecule has 0 radical (unpaired) electrons. The first-order valence-corrected chi connectivity index (χ1v) is 31.2. The maximum atomic E-state index is 10.5. The zero-order valence-corrected chi connectivity index (χ0v) is 47.4. The first-order valence-electron chi connectivity index (χ1n) is 30.8. The lowest BCUT2D eigenvalue weighted by atomic mass is 9.71. The Bertz CT molecular complexity index is 824. The SMILES string of the molecule is CC(CO)(CO)CO.CCCCCCCCCCCCCCCCCCC(CCCCCCCCCCCCCCCCCC)(CCCCCCCCCCCCCCCCCC)CC(O)=S. The molecule has 0 atom stereocenters. The van der Waals surface area contributed by atoms with E-state index in [1.54, 1.807) is 6.92 Å². The molecule has 0 aliphatic heterocycles. The second-order valence-corrected chi connectivity index (χ2v) is 23.0. The fourth-order valence-electron chi connectivity index (χ4n) is 10.3. The van der Waals surface area contributed by atoms with Crippen molar-refractivity contribution in [3.05, 3.63) is 0 Å². The van der Waals surface area contributed by atoms with Crippen molar-refractivity contribution in [1.82, 2.24) is 0 Å². The van der Waals surface area contributed by atoms with Crippen molar-refractivity contribution in [1.29, 1.82) is 0 Å². The van der Waals surface area contributed by atoms with Gasteiger partial charge in [-0.05, 0) is 36.9 Å². The number of rotatable bonds is 56. The van der Waals surface area contributed by atoms with E-state index < -0.39 is 5.41 Å². The summed E-state index contributed by atoms with van der Waals surface area (Å²) in [5, 5.41) is 36.2. The van der Waals surface area contributed by atoms with Crippen molar-refractivity contribution in [3.8, 4) is 0 Å². The predicted molar refractivity (Wildman–Crippen MR) is 304 cm³/mol. The summed E-state index contributed by atoms with van der Waals surface area (Å²) < 4.78 is 0. The first kappa shape index (κ1) is 68.8. The molecule has 5 heteroatoms. The van der Waals surface area contributed by atoms with Gasteiger partial charge in [0.05, 0.1) is 19.8 Å². The highest BCUT2D eigenvalue weighted by atomic mass is 32.1. The largest absolute Gasteiger partial charge is 0.502 e. The molecule has 0 aliphatic rings. The molecule has 0 aromatic carbocycles. The van der Waals surface area contributed by atoms with Gasteiger partial charge in [-0.2, -0.15) is 0 Å². The quantitative estimate of drug-likeness (QED) is 0.0361. The van der Waals surface area contributed by atoms with E-state index in [-0.39, 0.29) is 30.3 Å². The molecule has 0 amide bonds. The van der Waals surface area contributed by atoms with Crippen molar-refractivity contribution in [2.75, 3.05) is 19.8 Å². The second kappa shape index (κ2) is 56.7. The topological polar surface area (TPSA) is 80.9 Å². The normalized spacial score (nSPS) is 11.9. The van der Waals surface area contributed by atoms with Gasteiger partial charge >= 0.3 is 0 Å². The predicted octanol–water partition coefficient (Wildman–Crippen LogP) is 21.2. The third kappa shape index (κ3) is 53.4. The number of unbranched alkanes of at least 4 members (excludes halogenated alkanes) is 45. The number of aliphatic hydroxyl groups is 4. The Balaban J connectivity index is 0. The second-order valence-electron chi connectivity index (χ2n) is 22.5. The van der Waals surface area contributed by atoms with Crippen LogP contribution in [-0.4, -0.2) is 45.3 Å². The van der Waals surface area contributed by atoms with Crippen molar-refractivity contribution in [2.24, 2.45) is 10.8 Å². The van der Waals surface area contributed by atoms with Crippen molar-refractivity contribution in [3.63, 3.8) is 0 Å². The summed E-state index contributed by atoms with van der Waals surface area (Å²) in [6.45, 7) is 8.00. The molecular weight excluding hydrogens is 841 g/mol. The lowest BCUT2D eigenvalue weighted by Gasteiger charge is -2.34. The molecule has 0 aromatic heterocycles. The van der Waals surface area contributed by atoms with Crippen molar-refractivity contribution >= 4 is 17.3 Å². The number of hydrogen-bond acceptors (Lipinski definition) is 4. The molecule has 0 fully saturated rings. The van der Waals surface area contributed by atoms with Crippen LogP contribution in [0.3, 0.4) is 0 Å². The number of hydrogen-bond donors (Lipinski definition) is 4. The van der Waals surface area contributed by atoms with Crippen LogP contribution >= 0.6 is 12.2 Å². The summed E-state index contributed by atoms with van der Waals surface area (Å²) in [6, 6.07) is 0. The zero-order chi connectivity index (χ0) is 49.5. The van der Waals surface area contributed by atoms with Gasteiger partial charge in [0.2, 0.25) is 0 Å². The minimum Gasteiger partial charge on any atom is -0.502 e. The fraction of sp³-hybridized carbons (Fsp3) is 0.984. The Kier molecular flexibility index (Phi) is 58.2. The highest BCUT2D eigenvalue weighted by molar-refractivity contribution is 7.80. The summed E-state index contributed by atoms with van der Waals surface area (Å²) >= 11 is 5.45. The lowest BCUT2D eigenvalue weighted by Crippen LogP contribution is -2.29. The average molecular weight is 968 g/mol. The molecule has 404 valence electrons. The standard InChI is InChI=1S/C57H114OS.C5H12O3/c1-4-7-10-13-16-19-22-25-28-31-34-37-40-43-46-49-52-57(55-56(58)59,53-50-47-44-41-38-35-32-29-26-23-20-17-14-11-8-5-2)54-51-48-45-42-39-36-33-30-27-24-21-18-15-12-9-6-3;1-5(2-6,3-7)4-8/h4-55H2,1-3H3,(H,58,59);6-8H,2-4H2,1H3. The van der Waals surface area contributed by atoms with Gasteiger partial charge in [0.15, 0.2) is 5.05 Å². The van der Waals surface area contributed by atoms with Gasteiger partial charge in [0.25, 0.3) is 0 Å². The Morgan fingerprint density at radius 1 is 0.284 bits per heavy atom. The molecule has 0 saturated heterocycles. The fourth-order valence-corrected chi connectivity index (χ4v) is 10.6. The van der Waals surface area contributed by atoms with Crippen LogP contribution in [0.25, 0.3) is 0 Å². The van der Waals surface area contributed by atoms with Crippen LogP contribution in [0, 0.1) is 10.8 Å². The monoisotopic (exact) mass is 967 g/mol. The number of thiocarbonyl (C=S) groups is 1. The summed E-state index contributed by atoms with van der Waals surface area (Å²) in [5.74, 6) is 0. The van der Waals surface area contributed by atoms with Gasteiger partial charge in [-0.25, -0.2) is 0 Å². The van der Waals surface area contributed by atoms with E-state index in [2.05, 4.69) is 20.8 Å². The molecule has 0 saturated carbocycles. The van der Waals surface area contributed by atoms with Crippen LogP contribution in [0.15, 0.2) is 0 Å². The van der Waals surface area contributed by atoms with E-state index in [4.69, 9.17) is 27.5 Å². The van der Waals surface area contributed by atoms with Gasteiger partial charge in [-0.15, -0.1) is 0 Å². The molecule has 4 nitrogen and oxygen atoms in total. The minimum absolute atomic E-state index is 0.181. The smallest absolute Gasteiger partial charge is 0.157 e. The van der Waals surface area contributed by atoms with E-state index in [0.29, 0.717) is 0 Å². The van der Waals surface area contributed by atoms with Crippen LogP contribution in [-0.2, 0) is 0 Å². The maximum Gasteiger partial charge on any atom is 0.157 e. The van der Waals surface area contributed by atoms with E-state index in [1.165, 1.54) is 327 Å². The Labute approximate surface area is 428 Å². The lowest BCUT2D eigenvalue weighted by molar-refractivity contribution is 0.0200. The highest BCUT2D eigenvalue weighted by Crippen LogP contribution is 2.41. The van der Waals surface area contributed by atoms with Crippen LogP contribution in [0.4, 0.5) is 0 Å². The van der Waals surface area contributed by atoms with Crippen molar-refractivity contribution in [2.45, 2.75) is 362 Å². The molecule has 0 heterocycles. The van der Waals surface area contributed by atoms with E-state index in [9.17, 15) is 5.11 Å². The van der Waals surface area contributed by atoms with Gasteiger partial charge in [0.1, 0.15) is 0 Å². The van der Waals surface area contributed by atoms with Crippen molar-refractivity contribution < 1.29 is 20.4 Å². The average Bonchev–Trinajstić information content (AvgIpc) is 3.33. The highest BCUT2D eigenvalue weighted by Gasteiger charge is 2.30. The van der Waals surface area contributed by atoms with Gasteiger partial charge < -0.3 is 20.4 Å². The third-order valence-electron chi connectivity index (χ3n) is 15.4. The van der Waals surface area contributed by atoms with Crippen LogP contribution in [0.1, 0.15) is 362 Å². The minimum atomic E-state index is -0.708. The summed E-state index contributed by atoms with van der Waals surface area (Å²) in [6.07, 6.45) is 73.1. The number of aliphatic hydroxyl groups excluding tert-OH is 4. The summed E-state index contributed by atoms with van der Waals surface area (Å²) in [7, 11) is 0. The zero-order valence-electron chi connectivity index (χ0n) is 46.6. The molecule has 0 bridgehead atoms. The molecule has 0 spiro atoms. The Hall–Kier alpha value is -0.230. The molecule has 4 N–H and O–H groups in total. The Morgan fingerprint density at radius 2 is 0.433 bits per heavy atom. The third-order valence-corrected chi connectivity index (χ3v) is 15.5. The first-order chi connectivity index (χ1) is 32.8. The van der Waals surface area contributed by atoms with E-state index in [0.717, 1.165) is 6.42 Å². The summed E-state index contributed by atoms with van der Waals surface area (Å²) in [5.41, 5.74) is -0.464. The Morgan fingerprint density at radius 3 is 0.552 bits per heavy atom. The van der Waals surface area contributed by atoms with Crippen LogP contribution in [0.2, 0.25) is 0 Å². The molecule has 0 aliphatic carbocycles. The van der Waals surface area contributed by atoms with Crippen LogP contribution < -0.4 is 0 Å². The van der Waals surface area contributed by atoms with Gasteiger partial charge in [-0.3, -0.25) is 0 Å². The molecule has 0 aromatic rings. The molecule has 67 heavy (non-hydrogen) atoms.